The van der Waals surface area contributed by atoms with Crippen LogP contribution in [0.25, 0.3) is 10.9 Å². The van der Waals surface area contributed by atoms with Gasteiger partial charge in [0.2, 0.25) is 0 Å². The van der Waals surface area contributed by atoms with Crippen LogP contribution >= 0.6 is 0 Å². The van der Waals surface area contributed by atoms with Crippen molar-refractivity contribution in [3.05, 3.63) is 65.6 Å². The maximum Gasteiger partial charge on any atom is 0.418 e. The van der Waals surface area contributed by atoms with E-state index in [1.165, 1.54) is 12.1 Å². The molecule has 3 aromatic rings. The van der Waals surface area contributed by atoms with Gasteiger partial charge in [-0.2, -0.15) is 13.2 Å². The second-order valence-corrected chi connectivity index (χ2v) is 8.86. The number of nitrogens with zero attached hydrogens (tertiary/aromatic N) is 1. The Morgan fingerprint density at radius 2 is 1.80 bits per heavy atom. The molecule has 2 heterocycles. The molecule has 4 nitrogen and oxygen atoms in total. The number of ether oxygens (including phenoxy) is 1. The number of anilines is 1. The average Bonchev–Trinajstić information content (AvgIpc) is 3.25. The number of aliphatic hydroxyl groups is 1. The summed E-state index contributed by atoms with van der Waals surface area (Å²) in [5.74, 6) is -0.122. The second-order valence-electron chi connectivity index (χ2n) is 8.86. The predicted molar refractivity (Wildman–Crippen MR) is 133 cm³/mol. The van der Waals surface area contributed by atoms with Gasteiger partial charge in [-0.1, -0.05) is 41.2 Å². The van der Waals surface area contributed by atoms with Gasteiger partial charge in [-0.3, -0.25) is 4.98 Å². The van der Waals surface area contributed by atoms with E-state index in [9.17, 15) is 22.7 Å². The third-order valence-corrected chi connectivity index (χ3v) is 5.96. The van der Waals surface area contributed by atoms with Crippen LogP contribution < -0.4 is 10.1 Å². The number of hydrogen-bond acceptors (Lipinski definition) is 4. The predicted octanol–water partition coefficient (Wildman–Crippen LogP) is 7.04. The number of hydrogen-bond donors (Lipinski definition) is 2. The molecular weight excluding hydrogens is 460 g/mol. The Hall–Kier alpha value is -2.87. The highest BCUT2D eigenvalue weighted by molar-refractivity contribution is 5.91. The van der Waals surface area contributed by atoms with Crippen LogP contribution in [0.2, 0.25) is 0 Å². The lowest BCUT2D eigenvalue weighted by Crippen LogP contribution is -2.53. The fourth-order valence-electron chi connectivity index (χ4n) is 4.36. The monoisotopic (exact) mass is 494 g/mol. The number of nitrogens with one attached hydrogen (secondary N) is 1. The minimum absolute atomic E-state index is 0. The first-order chi connectivity index (χ1) is 16.0. The van der Waals surface area contributed by atoms with Gasteiger partial charge in [-0.05, 0) is 48.2 Å². The fourth-order valence-corrected chi connectivity index (χ4v) is 4.36. The Morgan fingerprint density at radius 1 is 1.09 bits per heavy atom. The minimum Gasteiger partial charge on any atom is -0.493 e. The van der Waals surface area contributed by atoms with Gasteiger partial charge in [-0.25, -0.2) is 4.39 Å². The van der Waals surface area contributed by atoms with Crippen molar-refractivity contribution in [2.75, 3.05) is 18.5 Å². The van der Waals surface area contributed by atoms with Crippen molar-refractivity contribution in [1.29, 1.82) is 0 Å². The van der Waals surface area contributed by atoms with Crippen LogP contribution in [0, 0.1) is 5.82 Å². The number of rotatable bonds is 6. The third kappa shape index (κ3) is 5.86. The summed E-state index contributed by atoms with van der Waals surface area (Å²) in [6.07, 6.45) is -3.51. The molecule has 1 aliphatic heterocycles. The topological polar surface area (TPSA) is 54.4 Å². The number of halogens is 4. The van der Waals surface area contributed by atoms with E-state index in [-0.39, 0.29) is 7.43 Å². The maximum atomic E-state index is 14.2. The van der Waals surface area contributed by atoms with Crippen LogP contribution in [0.15, 0.2) is 48.7 Å². The molecule has 2 aromatic carbocycles. The lowest BCUT2D eigenvalue weighted by atomic mass is 9.74. The lowest BCUT2D eigenvalue weighted by Gasteiger charge is -2.38. The standard InChI is InChI=1S/C24H24F4N2O2.C2H6.CH4/c1-22(2,18-12-16(25)11-15-8-10-32-21(15)18)13-23(31,24(26,27)28)14-30-20-7-3-6-19-17(20)5-4-9-29-19;1-2;/h3-7,9,11-12,30-31H,8,10,13-14H2,1-2H3;1-2H3;1H4/t23-;;/m1../s1. The molecule has 0 spiro atoms. The van der Waals surface area contributed by atoms with Crippen LogP contribution in [-0.4, -0.2) is 35.0 Å². The molecule has 1 atom stereocenters. The molecule has 192 valence electrons. The van der Waals surface area contributed by atoms with Crippen LogP contribution in [0.1, 0.15) is 52.7 Å². The first-order valence-electron chi connectivity index (χ1n) is 11.3. The molecular formula is C27H34F4N2O2. The molecule has 0 bridgehead atoms. The highest BCUT2D eigenvalue weighted by atomic mass is 19.4. The van der Waals surface area contributed by atoms with Crippen molar-refractivity contribution >= 4 is 16.6 Å². The van der Waals surface area contributed by atoms with Crippen molar-refractivity contribution in [1.82, 2.24) is 4.98 Å². The van der Waals surface area contributed by atoms with Crippen LogP contribution in [0.4, 0.5) is 23.2 Å². The molecule has 0 aliphatic carbocycles. The molecule has 2 N–H and O–H groups in total. The molecule has 8 heteroatoms. The summed E-state index contributed by atoms with van der Waals surface area (Å²) in [5.41, 5.74) is -2.28. The number of benzene rings is 2. The second kappa shape index (κ2) is 10.8. The van der Waals surface area contributed by atoms with Gasteiger partial charge in [0, 0.05) is 34.8 Å². The molecule has 0 saturated heterocycles. The zero-order valence-electron chi connectivity index (χ0n) is 19.8. The summed E-state index contributed by atoms with van der Waals surface area (Å²) in [6, 6.07) is 11.1. The summed E-state index contributed by atoms with van der Waals surface area (Å²) in [4.78, 5) is 4.20. The maximum absolute atomic E-state index is 14.2. The first kappa shape index (κ1) is 28.4. The Balaban J connectivity index is 0.00000140. The molecule has 0 radical (unpaired) electrons. The van der Waals surface area contributed by atoms with Gasteiger partial charge in [0.05, 0.1) is 18.7 Å². The van der Waals surface area contributed by atoms with Crippen molar-refractivity contribution in [3.8, 4) is 5.75 Å². The summed E-state index contributed by atoms with van der Waals surface area (Å²) >= 11 is 0. The van der Waals surface area contributed by atoms with E-state index in [1.54, 1.807) is 50.4 Å². The average molecular weight is 495 g/mol. The van der Waals surface area contributed by atoms with Gasteiger partial charge < -0.3 is 15.2 Å². The minimum atomic E-state index is -4.92. The van der Waals surface area contributed by atoms with Gasteiger partial charge in [0.25, 0.3) is 0 Å². The van der Waals surface area contributed by atoms with E-state index in [4.69, 9.17) is 4.74 Å². The number of aromatic nitrogens is 1. The summed E-state index contributed by atoms with van der Waals surface area (Å²) < 4.78 is 62.1. The Morgan fingerprint density at radius 3 is 2.49 bits per heavy atom. The summed E-state index contributed by atoms with van der Waals surface area (Å²) in [7, 11) is 0. The Bertz CT molecular complexity index is 1140. The molecule has 0 unspecified atom stereocenters. The zero-order valence-corrected chi connectivity index (χ0v) is 19.8. The van der Waals surface area contributed by atoms with E-state index >= 15 is 0 Å². The van der Waals surface area contributed by atoms with E-state index in [0.29, 0.717) is 46.5 Å². The smallest absolute Gasteiger partial charge is 0.418 e. The summed E-state index contributed by atoms with van der Waals surface area (Å²) in [5, 5.41) is 14.3. The van der Waals surface area contributed by atoms with Crippen molar-refractivity contribution in [2.45, 2.75) is 65.2 Å². The molecule has 0 saturated carbocycles. The fraction of sp³-hybridized carbons (Fsp3) is 0.444. The Kier molecular flexibility index (Phi) is 8.76. The zero-order chi connectivity index (χ0) is 25.1. The third-order valence-electron chi connectivity index (χ3n) is 5.96. The quantitative estimate of drug-likeness (QED) is 0.361. The number of alkyl halides is 3. The highest BCUT2D eigenvalue weighted by Crippen LogP contribution is 2.46. The van der Waals surface area contributed by atoms with Gasteiger partial charge in [-0.15, -0.1) is 0 Å². The Labute approximate surface area is 204 Å². The number of pyridine rings is 1. The SMILES string of the molecule is C.CC.CC(C)(C[C@@](O)(CNc1cccc2ncccc12)C(F)(F)F)c1cc(F)cc2c1OCC2. The highest BCUT2D eigenvalue weighted by Gasteiger charge is 2.56. The first-order valence-corrected chi connectivity index (χ1v) is 11.3. The number of fused-ring (bicyclic) bond motifs is 2. The molecule has 0 fully saturated rings. The van der Waals surface area contributed by atoms with Gasteiger partial charge in [0.15, 0.2) is 5.60 Å². The van der Waals surface area contributed by atoms with Crippen molar-refractivity contribution in [3.63, 3.8) is 0 Å². The van der Waals surface area contributed by atoms with Crippen molar-refractivity contribution in [2.24, 2.45) is 0 Å². The van der Waals surface area contributed by atoms with Crippen LogP contribution in [0.3, 0.4) is 0 Å². The largest absolute Gasteiger partial charge is 0.493 e. The molecule has 1 aliphatic rings. The molecule has 4 rings (SSSR count). The lowest BCUT2D eigenvalue weighted by molar-refractivity contribution is -0.260. The van der Waals surface area contributed by atoms with Crippen molar-refractivity contribution < 1.29 is 27.4 Å². The molecule has 35 heavy (non-hydrogen) atoms. The summed E-state index contributed by atoms with van der Waals surface area (Å²) in [6.45, 7) is 6.69. The van der Waals surface area contributed by atoms with E-state index in [0.717, 1.165) is 0 Å². The van der Waals surface area contributed by atoms with E-state index < -0.39 is 36.0 Å². The van der Waals surface area contributed by atoms with Gasteiger partial charge >= 0.3 is 6.18 Å². The van der Waals surface area contributed by atoms with E-state index in [1.807, 2.05) is 13.8 Å². The molecule has 1 aromatic heterocycles. The molecule has 0 amide bonds. The normalized spacial score (nSPS) is 14.7. The van der Waals surface area contributed by atoms with Crippen LogP contribution in [0.5, 0.6) is 5.75 Å². The van der Waals surface area contributed by atoms with Crippen LogP contribution in [-0.2, 0) is 11.8 Å². The van der Waals surface area contributed by atoms with Gasteiger partial charge in [0.1, 0.15) is 11.6 Å². The van der Waals surface area contributed by atoms with E-state index in [2.05, 4.69) is 10.3 Å².